The number of amides is 1. The highest BCUT2D eigenvalue weighted by atomic mass is 19.3. The highest BCUT2D eigenvalue weighted by Crippen LogP contribution is 2.19. The molecule has 0 atom stereocenters. The number of hydrogen-bond donors (Lipinski definition) is 1. The molecule has 0 saturated heterocycles. The first kappa shape index (κ1) is 18.5. The van der Waals surface area contributed by atoms with Crippen LogP contribution in [0.25, 0.3) is 5.69 Å². The lowest BCUT2D eigenvalue weighted by Gasteiger charge is -2.07. The standard InChI is InChI=1S/C19H18F2N4O2/c1-3-13-5-4-6-14(11-13)22-18(26)17-12(2)25(24-23-17)15-7-9-16(10-8-15)27-19(20)21/h4-11,19H,3H2,1-2H3,(H,22,26). The van der Waals surface area contributed by atoms with Crippen molar-refractivity contribution in [3.8, 4) is 11.4 Å². The van der Waals surface area contributed by atoms with Crippen LogP contribution in [-0.2, 0) is 6.42 Å². The van der Waals surface area contributed by atoms with Crippen LogP contribution >= 0.6 is 0 Å². The average molecular weight is 372 g/mol. The smallest absolute Gasteiger partial charge is 0.387 e. The summed E-state index contributed by atoms with van der Waals surface area (Å²) in [7, 11) is 0. The van der Waals surface area contributed by atoms with Crippen molar-refractivity contribution in [2.24, 2.45) is 0 Å². The van der Waals surface area contributed by atoms with Crippen LogP contribution in [0.3, 0.4) is 0 Å². The van der Waals surface area contributed by atoms with Gasteiger partial charge in [-0.15, -0.1) is 5.10 Å². The van der Waals surface area contributed by atoms with E-state index in [1.165, 1.54) is 16.8 Å². The molecule has 0 spiro atoms. The van der Waals surface area contributed by atoms with Gasteiger partial charge in [0.05, 0.1) is 11.4 Å². The first-order chi connectivity index (χ1) is 13.0. The van der Waals surface area contributed by atoms with E-state index in [1.807, 2.05) is 25.1 Å². The molecule has 0 radical (unpaired) electrons. The van der Waals surface area contributed by atoms with E-state index < -0.39 is 6.61 Å². The number of aromatic nitrogens is 3. The summed E-state index contributed by atoms with van der Waals surface area (Å²) in [5, 5.41) is 10.8. The lowest BCUT2D eigenvalue weighted by molar-refractivity contribution is -0.0498. The van der Waals surface area contributed by atoms with E-state index >= 15 is 0 Å². The number of carbonyl (C=O) groups is 1. The molecule has 1 aromatic heterocycles. The maximum absolute atomic E-state index is 12.5. The molecule has 0 aliphatic heterocycles. The lowest BCUT2D eigenvalue weighted by atomic mass is 10.1. The minimum atomic E-state index is -2.88. The van der Waals surface area contributed by atoms with Crippen molar-refractivity contribution in [2.75, 3.05) is 5.32 Å². The minimum Gasteiger partial charge on any atom is -0.435 e. The third kappa shape index (κ3) is 4.28. The second kappa shape index (κ2) is 7.94. The van der Waals surface area contributed by atoms with Gasteiger partial charge < -0.3 is 10.1 Å². The summed E-state index contributed by atoms with van der Waals surface area (Å²) in [4.78, 5) is 12.5. The molecule has 0 bridgehead atoms. The Balaban J connectivity index is 1.79. The van der Waals surface area contributed by atoms with Gasteiger partial charge in [-0.2, -0.15) is 8.78 Å². The number of halogens is 2. The number of hydrogen-bond acceptors (Lipinski definition) is 4. The van der Waals surface area contributed by atoms with Gasteiger partial charge in [0.1, 0.15) is 5.75 Å². The van der Waals surface area contributed by atoms with Crippen molar-refractivity contribution in [1.29, 1.82) is 0 Å². The quantitative estimate of drug-likeness (QED) is 0.710. The Morgan fingerprint density at radius 2 is 1.96 bits per heavy atom. The molecule has 0 unspecified atom stereocenters. The molecule has 1 amide bonds. The number of ether oxygens (including phenoxy) is 1. The summed E-state index contributed by atoms with van der Waals surface area (Å²) < 4.78 is 30.2. The van der Waals surface area contributed by atoms with Crippen LogP contribution in [-0.4, -0.2) is 27.5 Å². The number of carbonyl (C=O) groups excluding carboxylic acids is 1. The molecule has 8 heteroatoms. The van der Waals surface area contributed by atoms with Crippen LogP contribution < -0.4 is 10.1 Å². The molecule has 6 nitrogen and oxygen atoms in total. The Kier molecular flexibility index (Phi) is 5.44. The molecule has 1 heterocycles. The predicted molar refractivity (Wildman–Crippen MR) is 96.5 cm³/mol. The lowest BCUT2D eigenvalue weighted by Crippen LogP contribution is -2.14. The normalized spacial score (nSPS) is 10.9. The van der Waals surface area contributed by atoms with Crippen molar-refractivity contribution in [2.45, 2.75) is 26.9 Å². The Bertz CT molecular complexity index is 939. The third-order valence-corrected chi connectivity index (χ3v) is 4.01. The number of alkyl halides is 2. The first-order valence-electron chi connectivity index (χ1n) is 8.35. The molecular weight excluding hydrogens is 354 g/mol. The fourth-order valence-corrected chi connectivity index (χ4v) is 2.61. The monoisotopic (exact) mass is 372 g/mol. The van der Waals surface area contributed by atoms with Gasteiger partial charge in [0.2, 0.25) is 0 Å². The molecule has 0 aliphatic rings. The fourth-order valence-electron chi connectivity index (χ4n) is 2.61. The van der Waals surface area contributed by atoms with Gasteiger partial charge in [-0.3, -0.25) is 4.79 Å². The van der Waals surface area contributed by atoms with Crippen molar-refractivity contribution in [3.05, 3.63) is 65.5 Å². The summed E-state index contributed by atoms with van der Waals surface area (Å²) in [6, 6.07) is 13.5. The van der Waals surface area contributed by atoms with Crippen LogP contribution in [0, 0.1) is 6.92 Å². The van der Waals surface area contributed by atoms with Gasteiger partial charge in [0.15, 0.2) is 5.69 Å². The summed E-state index contributed by atoms with van der Waals surface area (Å²) in [5.41, 5.74) is 3.08. The third-order valence-electron chi connectivity index (χ3n) is 4.01. The van der Waals surface area contributed by atoms with Gasteiger partial charge >= 0.3 is 6.61 Å². The Hall–Kier alpha value is -3.29. The molecule has 0 aliphatic carbocycles. The Morgan fingerprint density at radius 3 is 2.63 bits per heavy atom. The van der Waals surface area contributed by atoms with Crippen molar-refractivity contribution >= 4 is 11.6 Å². The fraction of sp³-hybridized carbons (Fsp3) is 0.211. The molecule has 140 valence electrons. The van der Waals surface area contributed by atoms with Crippen LogP contribution in [0.2, 0.25) is 0 Å². The molecule has 0 fully saturated rings. The van der Waals surface area contributed by atoms with E-state index in [1.54, 1.807) is 25.1 Å². The molecule has 0 saturated carbocycles. The van der Waals surface area contributed by atoms with Crippen molar-refractivity contribution in [1.82, 2.24) is 15.0 Å². The maximum Gasteiger partial charge on any atom is 0.387 e. The largest absolute Gasteiger partial charge is 0.435 e. The molecule has 3 rings (SSSR count). The zero-order valence-corrected chi connectivity index (χ0v) is 14.8. The molecule has 3 aromatic rings. The molecule has 1 N–H and O–H groups in total. The van der Waals surface area contributed by atoms with Crippen LogP contribution in [0.4, 0.5) is 14.5 Å². The van der Waals surface area contributed by atoms with Crippen molar-refractivity contribution in [3.63, 3.8) is 0 Å². The molecular formula is C19H18F2N4O2. The van der Waals surface area contributed by atoms with Gasteiger partial charge in [0.25, 0.3) is 5.91 Å². The van der Waals surface area contributed by atoms with E-state index in [4.69, 9.17) is 0 Å². The highest BCUT2D eigenvalue weighted by molar-refractivity contribution is 6.03. The predicted octanol–water partition coefficient (Wildman–Crippen LogP) is 3.99. The number of nitrogens with zero attached hydrogens (tertiary/aromatic N) is 3. The van der Waals surface area contributed by atoms with Crippen LogP contribution in [0.1, 0.15) is 28.7 Å². The van der Waals surface area contributed by atoms with Gasteiger partial charge in [-0.1, -0.05) is 24.3 Å². The van der Waals surface area contributed by atoms with Gasteiger partial charge in [-0.25, -0.2) is 4.68 Å². The molecule has 27 heavy (non-hydrogen) atoms. The van der Waals surface area contributed by atoms with E-state index in [9.17, 15) is 13.6 Å². The zero-order chi connectivity index (χ0) is 19.4. The Morgan fingerprint density at radius 1 is 1.22 bits per heavy atom. The summed E-state index contributed by atoms with van der Waals surface area (Å²) >= 11 is 0. The topological polar surface area (TPSA) is 69.0 Å². The first-order valence-corrected chi connectivity index (χ1v) is 8.35. The van der Waals surface area contributed by atoms with E-state index in [0.29, 0.717) is 17.1 Å². The van der Waals surface area contributed by atoms with E-state index in [0.717, 1.165) is 12.0 Å². The molecule has 2 aromatic carbocycles. The number of anilines is 1. The number of aryl methyl sites for hydroxylation is 1. The summed E-state index contributed by atoms with van der Waals surface area (Å²) in [6.07, 6.45) is 0.865. The minimum absolute atomic E-state index is 0.0419. The zero-order valence-electron chi connectivity index (χ0n) is 14.8. The second-order valence-electron chi connectivity index (χ2n) is 5.82. The highest BCUT2D eigenvalue weighted by Gasteiger charge is 2.18. The number of benzene rings is 2. The number of rotatable bonds is 6. The average Bonchev–Trinajstić information content (AvgIpc) is 3.03. The maximum atomic E-state index is 12.5. The van der Waals surface area contributed by atoms with Gasteiger partial charge in [0, 0.05) is 5.69 Å². The summed E-state index contributed by atoms with van der Waals surface area (Å²) in [6.45, 7) is 0.861. The summed E-state index contributed by atoms with van der Waals surface area (Å²) in [5.74, 6) is -0.329. The van der Waals surface area contributed by atoms with Crippen LogP contribution in [0.15, 0.2) is 48.5 Å². The Labute approximate surface area is 154 Å². The van der Waals surface area contributed by atoms with Crippen LogP contribution in [0.5, 0.6) is 5.75 Å². The second-order valence-corrected chi connectivity index (χ2v) is 5.82. The number of nitrogens with one attached hydrogen (secondary N) is 1. The van der Waals surface area contributed by atoms with E-state index in [2.05, 4.69) is 20.4 Å². The van der Waals surface area contributed by atoms with Crippen molar-refractivity contribution < 1.29 is 18.3 Å². The SMILES string of the molecule is CCc1cccc(NC(=O)c2nnn(-c3ccc(OC(F)F)cc3)c2C)c1. The van der Waals surface area contributed by atoms with Gasteiger partial charge in [-0.05, 0) is 55.3 Å². The van der Waals surface area contributed by atoms with E-state index in [-0.39, 0.29) is 17.4 Å².